The van der Waals surface area contributed by atoms with Gasteiger partial charge in [-0.25, -0.2) is 0 Å². The van der Waals surface area contributed by atoms with Crippen molar-refractivity contribution >= 4 is 32.5 Å². The number of para-hydroxylation sites is 1. The molecule has 1 heterocycles. The number of furan rings is 1. The average Bonchev–Trinajstić information content (AvgIpc) is 3.70. The Hall–Kier alpha value is -6.18. The summed E-state index contributed by atoms with van der Waals surface area (Å²) in [5.41, 5.74) is 1.11. The van der Waals surface area contributed by atoms with Crippen molar-refractivity contribution < 1.29 is 29.1 Å². The molecule has 0 atom stereocenters. The van der Waals surface area contributed by atoms with Gasteiger partial charge in [0, 0.05) is 27.6 Å². The number of hydrogen-bond acceptors (Lipinski definition) is 1. The highest BCUT2D eigenvalue weighted by molar-refractivity contribution is 6.25. The third-order valence-electron chi connectivity index (χ3n) is 8.11. The van der Waals surface area contributed by atoms with Gasteiger partial charge in [-0.1, -0.05) is 182 Å². The molecule has 0 aliphatic heterocycles. The van der Waals surface area contributed by atoms with Crippen LogP contribution in [0.3, 0.4) is 0 Å². The fourth-order valence-electron chi connectivity index (χ4n) is 6.10. The molecule has 220 valence electrons. The summed E-state index contributed by atoms with van der Waals surface area (Å²) in [7, 11) is 0. The van der Waals surface area contributed by atoms with E-state index in [9.17, 15) is 5.48 Å². The third-order valence-corrected chi connectivity index (χ3v) is 8.11. The highest BCUT2D eigenvalue weighted by atomic mass is 16.3. The van der Waals surface area contributed by atoms with Gasteiger partial charge in [-0.15, -0.1) is 0 Å². The monoisotopic (exact) mass is 616 g/mol. The summed E-state index contributed by atoms with van der Waals surface area (Å²) < 4.78 is 165. The van der Waals surface area contributed by atoms with Crippen molar-refractivity contribution in [1.82, 2.24) is 0 Å². The highest BCUT2D eigenvalue weighted by Crippen LogP contribution is 2.50. The minimum Gasteiger partial charge on any atom is -0.455 e. The second kappa shape index (κ2) is 11.3. The van der Waals surface area contributed by atoms with Gasteiger partial charge in [-0.2, -0.15) is 0 Å². The minimum absolute atomic E-state index is 0.0500. The Bertz CT molecular complexity index is 3420. The predicted molar refractivity (Wildman–Crippen MR) is 198 cm³/mol. The molecule has 0 radical (unpaired) electrons. The van der Waals surface area contributed by atoms with Crippen LogP contribution < -0.4 is 0 Å². The lowest BCUT2D eigenvalue weighted by atomic mass is 9.84. The molecule has 8 aromatic carbocycles. The van der Waals surface area contributed by atoms with E-state index < -0.39 is 120 Å². The smallest absolute Gasteiger partial charge is 0.143 e. The molecule has 47 heavy (non-hydrogen) atoms. The van der Waals surface area contributed by atoms with Crippen molar-refractivity contribution in [2.75, 3.05) is 0 Å². The van der Waals surface area contributed by atoms with Crippen molar-refractivity contribution in [3.63, 3.8) is 0 Å². The Labute approximate surface area is 299 Å². The summed E-state index contributed by atoms with van der Waals surface area (Å²) >= 11 is 0. The van der Waals surface area contributed by atoms with Gasteiger partial charge >= 0.3 is 0 Å². The van der Waals surface area contributed by atoms with Crippen LogP contribution >= 0.6 is 0 Å². The lowest BCUT2D eigenvalue weighted by Crippen LogP contribution is -1.91. The third kappa shape index (κ3) is 4.56. The van der Waals surface area contributed by atoms with E-state index in [0.29, 0.717) is 16.5 Å². The topological polar surface area (TPSA) is 13.1 Å². The molecule has 0 N–H and O–H groups in total. The standard InChI is InChI=1S/C46H30O/c1-4-15-31(16-5-1)32-27-29-35(30-28-32)45-44(41-26-14-25-36(46(41)47-45)33-17-6-2-7-18-33)43-39-23-12-10-21-37(39)42(34-19-8-3-9-20-34)38-22-11-13-24-40(38)43/h1-30H/i1D,3D,4D,5D,8D,9D,10D,11D,12D,13D,15D,16D,19D,20D,21D,22D,23D,24D. The van der Waals surface area contributed by atoms with E-state index in [1.807, 2.05) is 30.3 Å². The summed E-state index contributed by atoms with van der Waals surface area (Å²) in [6.45, 7) is 0. The summed E-state index contributed by atoms with van der Waals surface area (Å²) in [5.74, 6) is 0.0500. The van der Waals surface area contributed by atoms with Crippen LogP contribution in [0.5, 0.6) is 0 Å². The molecule has 0 aliphatic carbocycles. The maximum Gasteiger partial charge on any atom is 0.143 e. The molecule has 0 saturated heterocycles. The van der Waals surface area contributed by atoms with Gasteiger partial charge < -0.3 is 4.42 Å². The van der Waals surface area contributed by atoms with Crippen LogP contribution in [0.15, 0.2) is 186 Å². The molecule has 9 rings (SSSR count). The molecular formula is C46H30O. The number of hydrogen-bond donors (Lipinski definition) is 0. The van der Waals surface area contributed by atoms with Crippen LogP contribution in [0, 0.1) is 0 Å². The highest BCUT2D eigenvalue weighted by Gasteiger charge is 2.25. The van der Waals surface area contributed by atoms with Crippen molar-refractivity contribution in [2.24, 2.45) is 0 Å². The quantitative estimate of drug-likeness (QED) is 0.175. The van der Waals surface area contributed by atoms with Crippen LogP contribution in [-0.2, 0) is 0 Å². The number of rotatable bonds is 5. The maximum absolute atomic E-state index is 9.53. The Kier molecular flexibility index (Phi) is 3.49. The molecule has 0 bridgehead atoms. The number of fused-ring (bicyclic) bond motifs is 3. The Morgan fingerprint density at radius 3 is 1.49 bits per heavy atom. The van der Waals surface area contributed by atoms with Gasteiger partial charge in [0.25, 0.3) is 0 Å². The molecule has 9 aromatic rings. The zero-order valence-electron chi connectivity index (χ0n) is 42.3. The SMILES string of the molecule is [2H]c1c([2H])c([2H])c(-c2ccc(-c3oc4c(-c5ccccc5)cccc4c3-c3c4c([2H])c([2H])c([2H])c([2H])c4c(-c4c([2H])c([2H])c([2H])c([2H])c4[2H])c4c([2H])c([2H])c([2H])c([2H])c34)cc2)c([2H])c1[2H]. The largest absolute Gasteiger partial charge is 0.455 e. The van der Waals surface area contributed by atoms with Gasteiger partial charge in [0.2, 0.25) is 0 Å². The molecule has 1 heteroatoms. The number of benzene rings is 8. The first kappa shape index (κ1) is 14.5. The van der Waals surface area contributed by atoms with Crippen molar-refractivity contribution in [2.45, 2.75) is 0 Å². The zero-order valence-corrected chi connectivity index (χ0v) is 24.3. The molecule has 0 spiro atoms. The van der Waals surface area contributed by atoms with Crippen LogP contribution in [0.2, 0.25) is 0 Å². The first-order valence-corrected chi connectivity index (χ1v) is 14.6. The van der Waals surface area contributed by atoms with E-state index in [1.54, 1.807) is 30.3 Å². The zero-order chi connectivity index (χ0) is 46.8. The lowest BCUT2D eigenvalue weighted by molar-refractivity contribution is 0.633. The van der Waals surface area contributed by atoms with E-state index in [2.05, 4.69) is 0 Å². The molecule has 0 amide bonds. The van der Waals surface area contributed by atoms with Crippen molar-refractivity contribution in [3.8, 4) is 55.8 Å². The van der Waals surface area contributed by atoms with E-state index in [1.165, 1.54) is 12.1 Å². The summed E-state index contributed by atoms with van der Waals surface area (Å²) in [6.07, 6.45) is 0. The average molecular weight is 617 g/mol. The maximum atomic E-state index is 9.53. The molecule has 0 fully saturated rings. The normalized spacial score (nSPS) is 16.8. The molecule has 1 nitrogen and oxygen atoms in total. The minimum atomic E-state index is -0.781. The van der Waals surface area contributed by atoms with Gasteiger partial charge in [0.05, 0.1) is 24.7 Å². The molecule has 0 unspecified atom stereocenters. The van der Waals surface area contributed by atoms with Crippen LogP contribution in [0.4, 0.5) is 0 Å². The van der Waals surface area contributed by atoms with Crippen molar-refractivity contribution in [1.29, 1.82) is 0 Å². The van der Waals surface area contributed by atoms with Crippen LogP contribution in [0.1, 0.15) is 24.7 Å². The molecule has 0 aliphatic rings. The molecule has 1 aromatic heterocycles. The Morgan fingerprint density at radius 1 is 0.340 bits per heavy atom. The fourth-order valence-corrected chi connectivity index (χ4v) is 6.10. The summed E-state index contributed by atoms with van der Waals surface area (Å²) in [5, 5.41) is -0.995. The molecule has 0 saturated carbocycles. The Balaban J connectivity index is 1.53. The Morgan fingerprint density at radius 2 is 0.872 bits per heavy atom. The molecular weight excluding hydrogens is 569 g/mol. The summed E-state index contributed by atoms with van der Waals surface area (Å²) in [6, 6.07) is 8.52. The first-order valence-electron chi connectivity index (χ1n) is 23.6. The van der Waals surface area contributed by atoms with Gasteiger partial charge in [0.15, 0.2) is 0 Å². The van der Waals surface area contributed by atoms with E-state index in [-0.39, 0.29) is 55.1 Å². The lowest BCUT2D eigenvalue weighted by Gasteiger charge is -2.18. The van der Waals surface area contributed by atoms with E-state index >= 15 is 0 Å². The predicted octanol–water partition coefficient (Wildman–Crippen LogP) is 13.1. The fraction of sp³-hybridized carbons (Fsp3) is 0. The van der Waals surface area contributed by atoms with Gasteiger partial charge in [0.1, 0.15) is 11.3 Å². The summed E-state index contributed by atoms with van der Waals surface area (Å²) in [4.78, 5) is 0. The van der Waals surface area contributed by atoms with Gasteiger partial charge in [-0.05, 0) is 49.4 Å². The first-order chi connectivity index (χ1) is 30.8. The second-order valence-electron chi connectivity index (χ2n) is 10.7. The van der Waals surface area contributed by atoms with Crippen molar-refractivity contribution in [3.05, 3.63) is 182 Å². The van der Waals surface area contributed by atoms with Crippen LogP contribution in [-0.4, -0.2) is 0 Å². The van der Waals surface area contributed by atoms with E-state index in [4.69, 9.17) is 23.6 Å². The second-order valence-corrected chi connectivity index (χ2v) is 10.7. The van der Waals surface area contributed by atoms with Crippen LogP contribution in [0.25, 0.3) is 88.3 Å². The van der Waals surface area contributed by atoms with Gasteiger partial charge in [-0.3, -0.25) is 0 Å². The van der Waals surface area contributed by atoms with E-state index in [0.717, 1.165) is 5.56 Å².